The van der Waals surface area contributed by atoms with Gasteiger partial charge in [-0.2, -0.15) is 0 Å². The lowest BCUT2D eigenvalue weighted by molar-refractivity contribution is 0.621. The van der Waals surface area contributed by atoms with Gasteiger partial charge in [0, 0.05) is 16.7 Å². The molecule has 2 rings (SSSR count). The SMILES string of the molecule is Fc1cc(S)cnc1-c1ccccc1. The predicted molar refractivity (Wildman–Crippen MR) is 56.9 cm³/mol. The van der Waals surface area contributed by atoms with Crippen molar-refractivity contribution < 1.29 is 4.39 Å². The normalized spacial score (nSPS) is 10.1. The van der Waals surface area contributed by atoms with Gasteiger partial charge in [-0.15, -0.1) is 12.6 Å². The van der Waals surface area contributed by atoms with E-state index in [0.29, 0.717) is 10.6 Å². The molecule has 0 saturated heterocycles. The number of aromatic nitrogens is 1. The molecule has 0 saturated carbocycles. The summed E-state index contributed by atoms with van der Waals surface area (Å²) in [5.74, 6) is -0.344. The van der Waals surface area contributed by atoms with Crippen LogP contribution >= 0.6 is 12.6 Å². The Balaban J connectivity index is 2.53. The van der Waals surface area contributed by atoms with Crippen LogP contribution in [-0.2, 0) is 0 Å². The summed E-state index contributed by atoms with van der Waals surface area (Å²) in [6, 6.07) is 10.6. The highest BCUT2D eigenvalue weighted by atomic mass is 32.1. The second-order valence-corrected chi connectivity index (χ2v) is 3.41. The van der Waals surface area contributed by atoms with Crippen LogP contribution in [-0.4, -0.2) is 4.98 Å². The monoisotopic (exact) mass is 205 g/mol. The van der Waals surface area contributed by atoms with Crippen LogP contribution in [0.2, 0.25) is 0 Å². The van der Waals surface area contributed by atoms with E-state index in [4.69, 9.17) is 0 Å². The Labute approximate surface area is 87.0 Å². The number of pyridine rings is 1. The van der Waals surface area contributed by atoms with Crippen molar-refractivity contribution in [2.24, 2.45) is 0 Å². The van der Waals surface area contributed by atoms with Crippen molar-refractivity contribution in [3.63, 3.8) is 0 Å². The van der Waals surface area contributed by atoms with Crippen LogP contribution in [0.15, 0.2) is 47.5 Å². The Kier molecular flexibility index (Phi) is 2.50. The standard InChI is InChI=1S/C11H8FNS/c12-10-6-9(14)7-13-11(10)8-4-2-1-3-5-8/h1-7,14H. The zero-order valence-corrected chi connectivity index (χ0v) is 8.21. The number of hydrogen-bond donors (Lipinski definition) is 1. The van der Waals surface area contributed by atoms with E-state index in [-0.39, 0.29) is 5.82 Å². The molecule has 1 aromatic carbocycles. The zero-order chi connectivity index (χ0) is 9.97. The molecule has 0 atom stereocenters. The molecule has 0 unspecified atom stereocenters. The smallest absolute Gasteiger partial charge is 0.150 e. The van der Waals surface area contributed by atoms with E-state index in [1.807, 2.05) is 30.3 Å². The van der Waals surface area contributed by atoms with Gasteiger partial charge < -0.3 is 0 Å². The molecule has 0 aliphatic carbocycles. The number of rotatable bonds is 1. The molecule has 0 spiro atoms. The number of benzene rings is 1. The molecule has 3 heteroatoms. The third kappa shape index (κ3) is 1.77. The molecule has 1 nitrogen and oxygen atoms in total. The maximum atomic E-state index is 13.4. The van der Waals surface area contributed by atoms with E-state index >= 15 is 0 Å². The lowest BCUT2D eigenvalue weighted by Crippen LogP contribution is -1.88. The largest absolute Gasteiger partial charge is 0.252 e. The molecule has 70 valence electrons. The molecule has 0 radical (unpaired) electrons. The van der Waals surface area contributed by atoms with Gasteiger partial charge in [-0.25, -0.2) is 4.39 Å². The van der Waals surface area contributed by atoms with Crippen LogP contribution in [0.1, 0.15) is 0 Å². The molecule has 1 heterocycles. The Morgan fingerprint density at radius 1 is 1.14 bits per heavy atom. The number of thiol groups is 1. The van der Waals surface area contributed by atoms with Crippen LogP contribution in [0.5, 0.6) is 0 Å². The Hall–Kier alpha value is -1.35. The van der Waals surface area contributed by atoms with Crippen molar-refractivity contribution in [3.8, 4) is 11.3 Å². The van der Waals surface area contributed by atoms with Crippen LogP contribution in [0, 0.1) is 5.82 Å². The topological polar surface area (TPSA) is 12.9 Å². The van der Waals surface area contributed by atoms with Crippen molar-refractivity contribution >= 4 is 12.6 Å². The van der Waals surface area contributed by atoms with E-state index in [0.717, 1.165) is 5.56 Å². The first kappa shape index (κ1) is 9.21. The van der Waals surface area contributed by atoms with Crippen molar-refractivity contribution in [1.29, 1.82) is 0 Å². The van der Waals surface area contributed by atoms with Gasteiger partial charge in [-0.3, -0.25) is 4.98 Å². The van der Waals surface area contributed by atoms with Crippen LogP contribution < -0.4 is 0 Å². The molecule has 1 aromatic heterocycles. The number of halogens is 1. The predicted octanol–water partition coefficient (Wildman–Crippen LogP) is 3.18. The van der Waals surface area contributed by atoms with Crippen molar-refractivity contribution in [3.05, 3.63) is 48.4 Å². The average molecular weight is 205 g/mol. The summed E-state index contributed by atoms with van der Waals surface area (Å²) < 4.78 is 13.4. The molecular weight excluding hydrogens is 197 g/mol. The molecule has 0 N–H and O–H groups in total. The summed E-state index contributed by atoms with van der Waals surface area (Å²) in [5.41, 5.74) is 1.14. The quantitative estimate of drug-likeness (QED) is 0.705. The molecule has 14 heavy (non-hydrogen) atoms. The second-order valence-electron chi connectivity index (χ2n) is 2.89. The van der Waals surface area contributed by atoms with Crippen molar-refractivity contribution in [2.75, 3.05) is 0 Å². The van der Waals surface area contributed by atoms with Crippen LogP contribution in [0.4, 0.5) is 4.39 Å². The number of hydrogen-bond acceptors (Lipinski definition) is 2. The summed E-state index contributed by atoms with van der Waals surface area (Å²) in [6.45, 7) is 0. The van der Waals surface area contributed by atoms with Crippen molar-refractivity contribution in [1.82, 2.24) is 4.98 Å². The van der Waals surface area contributed by atoms with Gasteiger partial charge in [0.05, 0.1) is 0 Å². The van der Waals surface area contributed by atoms with E-state index < -0.39 is 0 Å². The Bertz CT molecular complexity index is 442. The first-order valence-corrected chi connectivity index (χ1v) is 4.62. The van der Waals surface area contributed by atoms with E-state index in [1.165, 1.54) is 12.3 Å². The molecule has 2 aromatic rings. The third-order valence-electron chi connectivity index (χ3n) is 1.87. The maximum Gasteiger partial charge on any atom is 0.150 e. The highest BCUT2D eigenvalue weighted by molar-refractivity contribution is 7.80. The minimum absolute atomic E-state index is 0.344. The lowest BCUT2D eigenvalue weighted by atomic mass is 10.1. The molecule has 0 amide bonds. The first-order chi connectivity index (χ1) is 6.77. The summed E-state index contributed by atoms with van der Waals surface area (Å²) in [4.78, 5) is 4.53. The van der Waals surface area contributed by atoms with Gasteiger partial charge in [0.15, 0.2) is 5.82 Å². The van der Waals surface area contributed by atoms with Gasteiger partial charge in [-0.05, 0) is 6.07 Å². The maximum absolute atomic E-state index is 13.4. The summed E-state index contributed by atoms with van der Waals surface area (Å²) in [6.07, 6.45) is 1.54. The van der Waals surface area contributed by atoms with E-state index in [1.54, 1.807) is 0 Å². The fourth-order valence-electron chi connectivity index (χ4n) is 1.24. The van der Waals surface area contributed by atoms with E-state index in [9.17, 15) is 4.39 Å². The Morgan fingerprint density at radius 3 is 2.50 bits per heavy atom. The molecule has 0 aliphatic heterocycles. The number of nitrogens with zero attached hydrogens (tertiary/aromatic N) is 1. The molecule has 0 aliphatic rings. The van der Waals surface area contributed by atoms with Gasteiger partial charge in [-0.1, -0.05) is 30.3 Å². The molecule has 0 fully saturated rings. The van der Waals surface area contributed by atoms with Crippen molar-refractivity contribution in [2.45, 2.75) is 4.90 Å². The van der Waals surface area contributed by atoms with Crippen LogP contribution in [0.25, 0.3) is 11.3 Å². The Morgan fingerprint density at radius 2 is 1.86 bits per heavy atom. The summed E-state index contributed by atoms with van der Waals surface area (Å²) in [5, 5.41) is 0. The van der Waals surface area contributed by atoms with E-state index in [2.05, 4.69) is 17.6 Å². The minimum atomic E-state index is -0.344. The van der Waals surface area contributed by atoms with Gasteiger partial charge >= 0.3 is 0 Å². The summed E-state index contributed by atoms with van der Waals surface area (Å²) in [7, 11) is 0. The molecular formula is C11H8FNS. The fourth-order valence-corrected chi connectivity index (χ4v) is 1.41. The zero-order valence-electron chi connectivity index (χ0n) is 7.31. The van der Waals surface area contributed by atoms with Gasteiger partial charge in [0.1, 0.15) is 5.69 Å². The highest BCUT2D eigenvalue weighted by Gasteiger charge is 2.05. The van der Waals surface area contributed by atoms with Gasteiger partial charge in [0.2, 0.25) is 0 Å². The minimum Gasteiger partial charge on any atom is -0.252 e. The first-order valence-electron chi connectivity index (χ1n) is 4.17. The van der Waals surface area contributed by atoms with Gasteiger partial charge in [0.25, 0.3) is 0 Å². The average Bonchev–Trinajstić information content (AvgIpc) is 2.19. The highest BCUT2D eigenvalue weighted by Crippen LogP contribution is 2.21. The van der Waals surface area contributed by atoms with Crippen LogP contribution in [0.3, 0.4) is 0 Å². The fraction of sp³-hybridized carbons (Fsp3) is 0. The lowest BCUT2D eigenvalue weighted by Gasteiger charge is -2.02. The summed E-state index contributed by atoms with van der Waals surface area (Å²) >= 11 is 4.01. The second kappa shape index (κ2) is 3.80. The molecule has 0 bridgehead atoms. The third-order valence-corrected chi connectivity index (χ3v) is 2.12.